The van der Waals surface area contributed by atoms with Gasteiger partial charge in [0.1, 0.15) is 17.4 Å². The highest BCUT2D eigenvalue weighted by atomic mass is 19.1. The Morgan fingerprint density at radius 1 is 0.926 bits per heavy atom. The third-order valence-corrected chi connectivity index (χ3v) is 3.37. The molecule has 0 spiro atoms. The number of carbonyl (C=O) groups is 2. The predicted molar refractivity (Wildman–Crippen MR) is 93.6 cm³/mol. The van der Waals surface area contributed by atoms with Gasteiger partial charge in [0.15, 0.2) is 12.4 Å². The second kappa shape index (κ2) is 8.13. The minimum atomic E-state index is -0.793. The number of halogens is 2. The Bertz CT molecular complexity index is 921. The molecule has 27 heavy (non-hydrogen) atoms. The van der Waals surface area contributed by atoms with Crippen LogP contribution in [-0.4, -0.2) is 18.4 Å². The summed E-state index contributed by atoms with van der Waals surface area (Å²) in [5, 5.41) is 4.98. The summed E-state index contributed by atoms with van der Waals surface area (Å²) >= 11 is 0. The lowest BCUT2D eigenvalue weighted by Crippen LogP contribution is -2.20. The first kappa shape index (κ1) is 18.1. The van der Waals surface area contributed by atoms with Crippen LogP contribution in [0.3, 0.4) is 0 Å². The zero-order chi connectivity index (χ0) is 19.2. The Hall–Kier alpha value is -3.68. The fraction of sp³-hybridized carbons (Fsp3) is 0.0526. The molecule has 0 fully saturated rings. The average Bonchev–Trinajstić information content (AvgIpc) is 3.15. The predicted octanol–water partition coefficient (Wildman–Crippen LogP) is 3.83. The smallest absolute Gasteiger partial charge is 0.291 e. The van der Waals surface area contributed by atoms with Crippen LogP contribution in [0.2, 0.25) is 0 Å². The number of hydrogen-bond acceptors (Lipinski definition) is 4. The van der Waals surface area contributed by atoms with Crippen molar-refractivity contribution >= 4 is 23.2 Å². The van der Waals surface area contributed by atoms with Gasteiger partial charge in [-0.25, -0.2) is 8.78 Å². The van der Waals surface area contributed by atoms with Crippen LogP contribution in [0.15, 0.2) is 65.3 Å². The number of amides is 2. The Morgan fingerprint density at radius 3 is 2.26 bits per heavy atom. The highest BCUT2D eigenvalue weighted by Crippen LogP contribution is 2.17. The van der Waals surface area contributed by atoms with Crippen molar-refractivity contribution in [3.05, 3.63) is 78.3 Å². The van der Waals surface area contributed by atoms with Crippen molar-refractivity contribution in [3.63, 3.8) is 0 Å². The van der Waals surface area contributed by atoms with E-state index < -0.39 is 23.4 Å². The molecule has 3 aromatic rings. The van der Waals surface area contributed by atoms with Gasteiger partial charge in [-0.05, 0) is 48.5 Å². The fourth-order valence-electron chi connectivity index (χ4n) is 2.21. The van der Waals surface area contributed by atoms with Gasteiger partial charge in [0, 0.05) is 17.4 Å². The lowest BCUT2D eigenvalue weighted by Gasteiger charge is -2.09. The molecule has 0 bridgehead atoms. The van der Waals surface area contributed by atoms with E-state index in [1.54, 1.807) is 30.3 Å². The third kappa shape index (κ3) is 5.15. The molecule has 0 saturated carbocycles. The highest BCUT2D eigenvalue weighted by molar-refractivity contribution is 6.02. The molecule has 8 heteroatoms. The normalized spacial score (nSPS) is 10.3. The number of rotatable bonds is 6. The molecule has 2 amide bonds. The molecule has 3 rings (SSSR count). The first-order chi connectivity index (χ1) is 13.0. The van der Waals surface area contributed by atoms with Gasteiger partial charge in [0.25, 0.3) is 11.8 Å². The summed E-state index contributed by atoms with van der Waals surface area (Å²) in [5.74, 6) is -1.99. The van der Waals surface area contributed by atoms with Crippen LogP contribution >= 0.6 is 0 Å². The second-order valence-corrected chi connectivity index (χ2v) is 5.45. The summed E-state index contributed by atoms with van der Waals surface area (Å²) in [6, 6.07) is 12.2. The molecule has 2 aromatic carbocycles. The number of anilines is 2. The minimum absolute atomic E-state index is 0.00270. The maximum Gasteiger partial charge on any atom is 0.291 e. The molecule has 0 saturated heterocycles. The Labute approximate surface area is 152 Å². The molecule has 0 radical (unpaired) electrons. The topological polar surface area (TPSA) is 80.6 Å². The molecular weight excluding hydrogens is 358 g/mol. The van der Waals surface area contributed by atoms with Crippen molar-refractivity contribution in [3.8, 4) is 5.75 Å². The van der Waals surface area contributed by atoms with E-state index >= 15 is 0 Å². The number of carbonyl (C=O) groups excluding carboxylic acids is 2. The maximum atomic E-state index is 13.1. The van der Waals surface area contributed by atoms with E-state index in [-0.39, 0.29) is 18.1 Å². The fourth-order valence-corrected chi connectivity index (χ4v) is 2.21. The first-order valence-electron chi connectivity index (χ1n) is 7.83. The lowest BCUT2D eigenvalue weighted by molar-refractivity contribution is -0.118. The van der Waals surface area contributed by atoms with Gasteiger partial charge in [-0.3, -0.25) is 9.59 Å². The average molecular weight is 372 g/mol. The summed E-state index contributed by atoms with van der Waals surface area (Å²) in [6.07, 6.45) is 1.40. The number of ether oxygens (including phenoxy) is 1. The second-order valence-electron chi connectivity index (χ2n) is 5.45. The maximum absolute atomic E-state index is 13.1. The quantitative estimate of drug-likeness (QED) is 0.689. The van der Waals surface area contributed by atoms with Crippen LogP contribution in [0.5, 0.6) is 5.75 Å². The lowest BCUT2D eigenvalue weighted by atomic mass is 10.3. The summed E-state index contributed by atoms with van der Waals surface area (Å²) in [5.41, 5.74) is 0.514. The summed E-state index contributed by atoms with van der Waals surface area (Å²) in [6.45, 7) is -0.351. The van der Waals surface area contributed by atoms with Crippen molar-refractivity contribution in [1.29, 1.82) is 0 Å². The molecule has 0 aliphatic carbocycles. The van der Waals surface area contributed by atoms with Crippen LogP contribution in [0.1, 0.15) is 10.6 Å². The number of furan rings is 1. The molecule has 138 valence electrons. The van der Waals surface area contributed by atoms with Crippen LogP contribution in [0.4, 0.5) is 20.2 Å². The summed E-state index contributed by atoms with van der Waals surface area (Å²) < 4.78 is 36.5. The van der Waals surface area contributed by atoms with Gasteiger partial charge < -0.3 is 19.8 Å². The van der Waals surface area contributed by atoms with Crippen LogP contribution in [0, 0.1) is 11.6 Å². The van der Waals surface area contributed by atoms with E-state index in [2.05, 4.69) is 10.6 Å². The third-order valence-electron chi connectivity index (χ3n) is 3.37. The molecule has 1 aromatic heterocycles. The van der Waals surface area contributed by atoms with Crippen molar-refractivity contribution < 1.29 is 27.5 Å². The summed E-state index contributed by atoms with van der Waals surface area (Å²) in [4.78, 5) is 23.7. The molecule has 6 nitrogen and oxygen atoms in total. The molecule has 1 heterocycles. The molecule has 2 N–H and O–H groups in total. The Morgan fingerprint density at radius 2 is 1.63 bits per heavy atom. The first-order valence-corrected chi connectivity index (χ1v) is 7.83. The minimum Gasteiger partial charge on any atom is -0.484 e. The Balaban J connectivity index is 1.51. The molecule has 0 aliphatic heterocycles. The van der Waals surface area contributed by atoms with E-state index in [9.17, 15) is 18.4 Å². The molecule has 0 aliphatic rings. The van der Waals surface area contributed by atoms with Crippen molar-refractivity contribution in [1.82, 2.24) is 0 Å². The van der Waals surface area contributed by atoms with Gasteiger partial charge in [-0.2, -0.15) is 0 Å². The monoisotopic (exact) mass is 372 g/mol. The summed E-state index contributed by atoms with van der Waals surface area (Å²) in [7, 11) is 0. The van der Waals surface area contributed by atoms with Gasteiger partial charge in [0.05, 0.1) is 6.26 Å². The molecular formula is C19H14F2N2O4. The van der Waals surface area contributed by atoms with Crippen molar-refractivity contribution in [2.45, 2.75) is 0 Å². The van der Waals surface area contributed by atoms with Crippen LogP contribution in [0.25, 0.3) is 0 Å². The van der Waals surface area contributed by atoms with Crippen LogP contribution in [-0.2, 0) is 4.79 Å². The van der Waals surface area contributed by atoms with Gasteiger partial charge in [0.2, 0.25) is 0 Å². The number of nitrogens with one attached hydrogen (secondary N) is 2. The molecule has 0 unspecified atom stereocenters. The standard InChI is InChI=1S/C19H14F2N2O4/c20-12-8-13(21)10-15(9-12)22-18(24)11-27-16-5-3-14(4-6-16)23-19(25)17-2-1-7-26-17/h1-10H,11H2,(H,22,24)(H,23,25). The number of hydrogen-bond donors (Lipinski definition) is 2. The van der Waals surface area contributed by atoms with E-state index in [4.69, 9.17) is 9.15 Å². The van der Waals surface area contributed by atoms with Gasteiger partial charge >= 0.3 is 0 Å². The zero-order valence-electron chi connectivity index (χ0n) is 13.9. The van der Waals surface area contributed by atoms with Crippen molar-refractivity contribution in [2.24, 2.45) is 0 Å². The van der Waals surface area contributed by atoms with Gasteiger partial charge in [-0.15, -0.1) is 0 Å². The van der Waals surface area contributed by atoms with E-state index in [1.807, 2.05) is 0 Å². The van der Waals surface area contributed by atoms with Gasteiger partial charge in [-0.1, -0.05) is 0 Å². The Kier molecular flexibility index (Phi) is 5.46. The van der Waals surface area contributed by atoms with E-state index in [1.165, 1.54) is 12.3 Å². The van der Waals surface area contributed by atoms with E-state index in [0.717, 1.165) is 12.1 Å². The molecule has 0 atom stereocenters. The van der Waals surface area contributed by atoms with E-state index in [0.29, 0.717) is 17.5 Å². The zero-order valence-corrected chi connectivity index (χ0v) is 13.9. The number of benzene rings is 2. The largest absolute Gasteiger partial charge is 0.484 e. The van der Waals surface area contributed by atoms with Crippen LogP contribution < -0.4 is 15.4 Å². The highest BCUT2D eigenvalue weighted by Gasteiger charge is 2.09. The SMILES string of the molecule is O=C(COc1ccc(NC(=O)c2ccco2)cc1)Nc1cc(F)cc(F)c1. The van der Waals surface area contributed by atoms with Crippen molar-refractivity contribution in [2.75, 3.05) is 17.2 Å².